The van der Waals surface area contributed by atoms with Gasteiger partial charge < -0.3 is 9.88 Å². The largest absolute Gasteiger partial charge is 0.339 e. The van der Waals surface area contributed by atoms with E-state index in [0.29, 0.717) is 24.6 Å². The van der Waals surface area contributed by atoms with Crippen molar-refractivity contribution in [3.63, 3.8) is 0 Å². The third-order valence-electron chi connectivity index (χ3n) is 6.03. The molecule has 3 aromatic rings. The van der Waals surface area contributed by atoms with Crippen molar-refractivity contribution < 1.29 is 4.79 Å². The van der Waals surface area contributed by atoms with Crippen molar-refractivity contribution in [1.82, 2.24) is 25.3 Å². The van der Waals surface area contributed by atoms with Crippen LogP contribution in [0.3, 0.4) is 0 Å². The Balaban J connectivity index is 1.29. The van der Waals surface area contributed by atoms with Crippen molar-refractivity contribution in [2.45, 2.75) is 19.4 Å². The highest BCUT2D eigenvalue weighted by atomic mass is 16.2. The average molecular weight is 440 g/mol. The van der Waals surface area contributed by atoms with Gasteiger partial charge in [0.05, 0.1) is 29.4 Å². The number of hydrogen-bond donors (Lipinski definition) is 2. The van der Waals surface area contributed by atoms with Crippen LogP contribution in [0.15, 0.2) is 54.3 Å². The number of amides is 1. The number of benzene rings is 1. The first-order valence-electron chi connectivity index (χ1n) is 11.0. The molecule has 4 heterocycles. The molecule has 8 nitrogen and oxygen atoms in total. The van der Waals surface area contributed by atoms with E-state index in [9.17, 15) is 4.79 Å². The van der Waals surface area contributed by atoms with Crippen LogP contribution < -0.4 is 10.4 Å². The summed E-state index contributed by atoms with van der Waals surface area (Å²) in [6.07, 6.45) is 5.62. The summed E-state index contributed by atoms with van der Waals surface area (Å²) in [6.45, 7) is 7.64. The molecule has 2 aromatic heterocycles. The number of hydrogen-bond acceptors (Lipinski definition) is 6. The van der Waals surface area contributed by atoms with Crippen LogP contribution in [0, 0.1) is 17.8 Å². The normalized spacial score (nSPS) is 19.7. The standard InChI is InChI=1S/C25H25N7O/c1-3-23(33)31-12-10-18(15-31)14-26-24-21-13-19(29-25(21)28-16-27-24)7-6-11-32-22-9-5-4-8-20(22)17(2)30-32/h3-5,8-9,13-14,16-18,30H,1,10-12,15H2,2H3,(H,27,28,29)/b26-14+. The van der Waals surface area contributed by atoms with Gasteiger partial charge in [-0.3, -0.25) is 9.80 Å². The van der Waals surface area contributed by atoms with Gasteiger partial charge in [0, 0.05) is 25.2 Å². The number of carbonyl (C=O) groups excluding carboxylic acids is 1. The second-order valence-electron chi connectivity index (χ2n) is 8.26. The number of H-pyrrole nitrogens is 1. The van der Waals surface area contributed by atoms with Crippen molar-refractivity contribution in [3.8, 4) is 11.8 Å². The van der Waals surface area contributed by atoms with Crippen LogP contribution in [-0.2, 0) is 4.79 Å². The monoisotopic (exact) mass is 439 g/mol. The first-order chi connectivity index (χ1) is 16.1. The first-order valence-corrected chi connectivity index (χ1v) is 11.0. The maximum atomic E-state index is 11.8. The molecule has 2 aliphatic rings. The zero-order valence-electron chi connectivity index (χ0n) is 18.5. The maximum absolute atomic E-state index is 11.8. The van der Waals surface area contributed by atoms with Crippen molar-refractivity contribution >= 4 is 34.7 Å². The molecule has 166 valence electrons. The molecule has 1 saturated heterocycles. The molecule has 0 aliphatic carbocycles. The number of para-hydroxylation sites is 1. The predicted molar refractivity (Wildman–Crippen MR) is 129 cm³/mol. The smallest absolute Gasteiger partial charge is 0.245 e. The number of aromatic amines is 1. The van der Waals surface area contributed by atoms with Crippen LogP contribution in [0.5, 0.6) is 0 Å². The van der Waals surface area contributed by atoms with E-state index in [-0.39, 0.29) is 17.9 Å². The molecular formula is C25H25N7O. The van der Waals surface area contributed by atoms with E-state index >= 15 is 0 Å². The van der Waals surface area contributed by atoms with E-state index in [1.807, 2.05) is 18.3 Å². The highest BCUT2D eigenvalue weighted by Gasteiger charge is 2.24. The Morgan fingerprint density at radius 3 is 3.12 bits per heavy atom. The third kappa shape index (κ3) is 4.23. The van der Waals surface area contributed by atoms with Gasteiger partial charge in [-0.1, -0.05) is 30.7 Å². The first kappa shape index (κ1) is 20.9. The van der Waals surface area contributed by atoms with Crippen LogP contribution in [0.4, 0.5) is 11.5 Å². The molecule has 33 heavy (non-hydrogen) atoms. The minimum absolute atomic E-state index is 0.0359. The van der Waals surface area contributed by atoms with Crippen LogP contribution in [0.1, 0.15) is 30.6 Å². The summed E-state index contributed by atoms with van der Waals surface area (Å²) in [5, 5.41) is 2.90. The Kier molecular flexibility index (Phi) is 5.63. The molecule has 1 fully saturated rings. The topological polar surface area (TPSA) is 89.5 Å². The van der Waals surface area contributed by atoms with E-state index in [1.165, 1.54) is 23.7 Å². The lowest BCUT2D eigenvalue weighted by molar-refractivity contribution is -0.125. The van der Waals surface area contributed by atoms with E-state index in [1.54, 1.807) is 4.90 Å². The average Bonchev–Trinajstić information content (AvgIpc) is 3.55. The van der Waals surface area contributed by atoms with Crippen molar-refractivity contribution in [2.24, 2.45) is 10.9 Å². The highest BCUT2D eigenvalue weighted by molar-refractivity contribution is 5.89. The predicted octanol–water partition coefficient (Wildman–Crippen LogP) is 3.13. The fraction of sp³-hybridized carbons (Fsp3) is 0.280. The summed E-state index contributed by atoms with van der Waals surface area (Å²) in [5.41, 5.74) is 7.37. The zero-order valence-corrected chi connectivity index (χ0v) is 18.5. The van der Waals surface area contributed by atoms with Gasteiger partial charge >= 0.3 is 0 Å². The zero-order chi connectivity index (χ0) is 22.8. The summed E-state index contributed by atoms with van der Waals surface area (Å²) in [5.74, 6) is 7.20. The molecule has 0 bridgehead atoms. The second kappa shape index (κ2) is 8.88. The Hall–Kier alpha value is -3.96. The van der Waals surface area contributed by atoms with Gasteiger partial charge in [0.2, 0.25) is 5.91 Å². The molecule has 2 atom stereocenters. The Morgan fingerprint density at radius 1 is 1.36 bits per heavy atom. The molecular weight excluding hydrogens is 414 g/mol. The number of anilines is 1. The number of likely N-dealkylation sites (tertiary alicyclic amines) is 1. The highest BCUT2D eigenvalue weighted by Crippen LogP contribution is 2.31. The van der Waals surface area contributed by atoms with Gasteiger partial charge in [-0.2, -0.15) is 0 Å². The minimum atomic E-state index is -0.0359. The lowest BCUT2D eigenvalue weighted by atomic mass is 10.1. The maximum Gasteiger partial charge on any atom is 0.245 e. The van der Waals surface area contributed by atoms with Crippen LogP contribution >= 0.6 is 0 Å². The van der Waals surface area contributed by atoms with Gasteiger partial charge in [-0.25, -0.2) is 20.4 Å². The van der Waals surface area contributed by atoms with E-state index in [0.717, 1.165) is 24.0 Å². The Labute approximate surface area is 192 Å². The van der Waals surface area contributed by atoms with Crippen molar-refractivity contribution in [2.75, 3.05) is 24.6 Å². The van der Waals surface area contributed by atoms with Crippen LogP contribution in [0.25, 0.3) is 11.0 Å². The fourth-order valence-electron chi connectivity index (χ4n) is 4.33. The number of carbonyl (C=O) groups is 1. The summed E-state index contributed by atoms with van der Waals surface area (Å²) in [4.78, 5) is 30.1. The molecule has 2 N–H and O–H groups in total. The van der Waals surface area contributed by atoms with Gasteiger partial charge in [-0.15, -0.1) is 0 Å². The van der Waals surface area contributed by atoms with Crippen molar-refractivity contribution in [3.05, 3.63) is 60.6 Å². The summed E-state index contributed by atoms with van der Waals surface area (Å²) >= 11 is 0. The number of aliphatic imine (C=N–C) groups is 1. The number of aromatic nitrogens is 3. The molecule has 1 aromatic carbocycles. The van der Waals surface area contributed by atoms with Gasteiger partial charge in [0.25, 0.3) is 0 Å². The van der Waals surface area contributed by atoms with E-state index < -0.39 is 0 Å². The number of hydrazine groups is 1. The lowest BCUT2D eigenvalue weighted by Gasteiger charge is -2.16. The third-order valence-corrected chi connectivity index (χ3v) is 6.03. The molecule has 1 amide bonds. The minimum Gasteiger partial charge on any atom is -0.339 e. The quantitative estimate of drug-likeness (QED) is 0.370. The van der Waals surface area contributed by atoms with Crippen LogP contribution in [0.2, 0.25) is 0 Å². The van der Waals surface area contributed by atoms with E-state index in [4.69, 9.17) is 0 Å². The van der Waals surface area contributed by atoms with Gasteiger partial charge in [0.15, 0.2) is 5.82 Å². The van der Waals surface area contributed by atoms with E-state index in [2.05, 4.69) is 73.9 Å². The molecule has 8 heteroatoms. The van der Waals surface area contributed by atoms with Crippen LogP contribution in [-0.4, -0.2) is 51.6 Å². The molecule has 0 spiro atoms. The second-order valence-corrected chi connectivity index (χ2v) is 8.26. The number of fused-ring (bicyclic) bond motifs is 2. The Bertz CT molecular complexity index is 1300. The fourth-order valence-corrected chi connectivity index (χ4v) is 4.33. The molecule has 5 rings (SSSR count). The molecule has 0 radical (unpaired) electrons. The summed E-state index contributed by atoms with van der Waals surface area (Å²) in [6, 6.07) is 10.5. The van der Waals surface area contributed by atoms with Crippen molar-refractivity contribution in [1.29, 1.82) is 0 Å². The molecule has 0 saturated carbocycles. The summed E-state index contributed by atoms with van der Waals surface area (Å²) < 4.78 is 0. The number of nitrogens with zero attached hydrogens (tertiary/aromatic N) is 5. The lowest BCUT2D eigenvalue weighted by Crippen LogP contribution is -2.33. The molecule has 2 unspecified atom stereocenters. The molecule has 2 aliphatic heterocycles. The Morgan fingerprint density at radius 2 is 2.24 bits per heavy atom. The summed E-state index contributed by atoms with van der Waals surface area (Å²) in [7, 11) is 0. The number of nitrogens with one attached hydrogen (secondary N) is 2. The SMILES string of the molecule is C=CC(=O)N1CCC(/C=N/c2ncnc3[nH]c(C#CCN4NC(C)c5ccccc54)cc23)C1. The van der Waals surface area contributed by atoms with Gasteiger partial charge in [0.1, 0.15) is 12.0 Å². The number of rotatable bonds is 4. The van der Waals surface area contributed by atoms with Gasteiger partial charge in [-0.05, 0) is 43.0 Å².